The molecule has 1 atom stereocenters. The predicted molar refractivity (Wildman–Crippen MR) is 77.8 cm³/mol. The summed E-state index contributed by atoms with van der Waals surface area (Å²) in [5.41, 5.74) is 1.33. The third-order valence-corrected chi connectivity index (χ3v) is 3.21. The van der Waals surface area contributed by atoms with Crippen molar-refractivity contribution in [3.05, 3.63) is 46.3 Å². The van der Waals surface area contributed by atoms with Crippen LogP contribution in [0.3, 0.4) is 0 Å². The van der Waals surface area contributed by atoms with E-state index in [1.165, 1.54) is 12.1 Å². The summed E-state index contributed by atoms with van der Waals surface area (Å²) in [6.07, 6.45) is 0. The molecule has 0 saturated carbocycles. The summed E-state index contributed by atoms with van der Waals surface area (Å²) in [4.78, 5) is 23.8. The summed E-state index contributed by atoms with van der Waals surface area (Å²) in [6.45, 7) is 3.51. The van der Waals surface area contributed by atoms with Crippen LogP contribution < -0.4 is 15.9 Å². The molecule has 3 N–H and O–H groups in total. The van der Waals surface area contributed by atoms with Gasteiger partial charge in [0.25, 0.3) is 0 Å². The number of ether oxygens (including phenoxy) is 1. The molecule has 0 saturated heterocycles. The molecule has 0 spiro atoms. The molecule has 2 amide bonds. The number of hydrogen-bond donors (Lipinski definition) is 3. The molecule has 1 aromatic carbocycles. The van der Waals surface area contributed by atoms with Crippen LogP contribution in [0.1, 0.15) is 25.5 Å². The Bertz CT molecular complexity index is 609. The average Bonchev–Trinajstić information content (AvgIpc) is 2.46. The second-order valence-electron chi connectivity index (χ2n) is 4.66. The number of rotatable bonds is 4. The Morgan fingerprint density at radius 1 is 1.41 bits per heavy atom. The monoisotopic (exact) mass is 306 g/mol. The number of nitrogens with zero attached hydrogens (tertiary/aromatic N) is 1. The van der Waals surface area contributed by atoms with Crippen LogP contribution in [0.2, 0.25) is 0 Å². The molecule has 1 heterocycles. The lowest BCUT2D eigenvalue weighted by Crippen LogP contribution is -2.45. The maximum Gasteiger partial charge on any atom is 0.338 e. The Kier molecular flexibility index (Phi) is 4.64. The number of allylic oxidation sites excluding steroid dienone is 1. The van der Waals surface area contributed by atoms with Gasteiger partial charge in [-0.15, -0.1) is 0 Å². The summed E-state index contributed by atoms with van der Waals surface area (Å²) in [5, 5.41) is 24.5. The van der Waals surface area contributed by atoms with Gasteiger partial charge in [-0.25, -0.2) is 9.59 Å². The fraction of sp³-hybridized carbons (Fsp3) is 0.286. The second-order valence-corrected chi connectivity index (χ2v) is 4.66. The Morgan fingerprint density at radius 2 is 2.05 bits per heavy atom. The molecule has 2 rings (SSSR count). The van der Waals surface area contributed by atoms with Crippen LogP contribution in [-0.2, 0) is 9.53 Å². The lowest BCUT2D eigenvalue weighted by atomic mass is 9.95. The van der Waals surface area contributed by atoms with E-state index in [1.807, 2.05) is 0 Å². The van der Waals surface area contributed by atoms with Crippen LogP contribution in [0, 0.1) is 5.21 Å². The van der Waals surface area contributed by atoms with Crippen molar-refractivity contribution in [1.29, 1.82) is 0 Å². The fourth-order valence-corrected chi connectivity index (χ4v) is 2.22. The predicted octanol–water partition coefficient (Wildman–Crippen LogP) is 1.57. The lowest BCUT2D eigenvalue weighted by molar-refractivity contribution is -0.139. The minimum absolute atomic E-state index is 0.0439. The van der Waals surface area contributed by atoms with E-state index < -0.39 is 18.0 Å². The van der Waals surface area contributed by atoms with Gasteiger partial charge in [0, 0.05) is 5.70 Å². The maximum absolute atomic E-state index is 12.1. The Balaban J connectivity index is 2.38. The zero-order valence-corrected chi connectivity index (χ0v) is 12.1. The Labute approximate surface area is 126 Å². The largest absolute Gasteiger partial charge is 0.733 e. The van der Waals surface area contributed by atoms with Crippen molar-refractivity contribution in [3.63, 3.8) is 0 Å². The standard InChI is InChI=1S/C14H16N3O5/c1-3-22-13(18)11-8(2)15-14(19)16-12(11)9-4-6-10(7-5-9)17(20)21/h4-7,12,20H,3H2,1-2H3,(H2,15,16,19)/q-1. The Hall–Kier alpha value is -2.58. The van der Waals surface area contributed by atoms with Gasteiger partial charge in [0.1, 0.15) is 0 Å². The van der Waals surface area contributed by atoms with Gasteiger partial charge in [0.2, 0.25) is 0 Å². The van der Waals surface area contributed by atoms with E-state index in [2.05, 4.69) is 10.6 Å². The smallest absolute Gasteiger partial charge is 0.338 e. The quantitative estimate of drug-likeness (QED) is 0.574. The van der Waals surface area contributed by atoms with Crippen LogP contribution >= 0.6 is 0 Å². The van der Waals surface area contributed by atoms with Crippen LogP contribution in [0.25, 0.3) is 0 Å². The minimum Gasteiger partial charge on any atom is -0.733 e. The first kappa shape index (κ1) is 15.8. The summed E-state index contributed by atoms with van der Waals surface area (Å²) in [5.74, 6) is -0.533. The molecule has 1 aromatic rings. The summed E-state index contributed by atoms with van der Waals surface area (Å²) < 4.78 is 5.01. The zero-order valence-electron chi connectivity index (χ0n) is 12.1. The molecule has 0 aromatic heterocycles. The molecule has 118 valence electrons. The number of hydrogen-bond acceptors (Lipinski definition) is 6. The minimum atomic E-state index is -0.694. The maximum atomic E-state index is 12.1. The normalized spacial score (nSPS) is 17.6. The van der Waals surface area contributed by atoms with Crippen molar-refractivity contribution < 1.29 is 19.5 Å². The molecule has 22 heavy (non-hydrogen) atoms. The molecule has 0 bridgehead atoms. The highest BCUT2D eigenvalue weighted by molar-refractivity contribution is 5.95. The van der Waals surface area contributed by atoms with E-state index in [0.29, 0.717) is 11.3 Å². The topological polar surface area (TPSA) is 114 Å². The van der Waals surface area contributed by atoms with E-state index >= 15 is 0 Å². The second kappa shape index (κ2) is 6.46. The number of amides is 2. The molecule has 8 nitrogen and oxygen atoms in total. The van der Waals surface area contributed by atoms with E-state index in [0.717, 1.165) is 0 Å². The van der Waals surface area contributed by atoms with Gasteiger partial charge < -0.3 is 25.8 Å². The van der Waals surface area contributed by atoms with E-state index in [4.69, 9.17) is 9.94 Å². The Morgan fingerprint density at radius 3 is 2.59 bits per heavy atom. The molecular weight excluding hydrogens is 290 g/mol. The zero-order chi connectivity index (χ0) is 16.3. The molecule has 0 aliphatic carbocycles. The molecular formula is C14H16N3O5-. The van der Waals surface area contributed by atoms with Gasteiger partial charge in [-0.2, -0.15) is 0 Å². The number of urea groups is 1. The van der Waals surface area contributed by atoms with Crippen molar-refractivity contribution in [2.45, 2.75) is 19.9 Å². The average molecular weight is 306 g/mol. The van der Waals surface area contributed by atoms with Crippen molar-refractivity contribution >= 4 is 17.7 Å². The SMILES string of the molecule is CCOC(=O)C1=C(C)NC(=O)NC1c1ccc(N([O-])O)cc1. The first-order valence-electron chi connectivity index (χ1n) is 6.65. The van der Waals surface area contributed by atoms with Crippen LogP contribution in [-0.4, -0.2) is 23.8 Å². The van der Waals surface area contributed by atoms with Gasteiger partial charge in [0.05, 0.1) is 23.9 Å². The van der Waals surface area contributed by atoms with Gasteiger partial charge in [-0.05, 0) is 31.5 Å². The summed E-state index contributed by atoms with van der Waals surface area (Å²) >= 11 is 0. The number of esters is 1. The molecule has 0 fully saturated rings. The van der Waals surface area contributed by atoms with Gasteiger partial charge in [-0.1, -0.05) is 12.1 Å². The number of carbonyl (C=O) groups excluding carboxylic acids is 2. The fourth-order valence-electron chi connectivity index (χ4n) is 2.22. The molecule has 1 unspecified atom stereocenters. The lowest BCUT2D eigenvalue weighted by Gasteiger charge is -2.28. The number of anilines is 1. The van der Waals surface area contributed by atoms with Crippen molar-refractivity contribution in [2.24, 2.45) is 0 Å². The first-order chi connectivity index (χ1) is 10.4. The van der Waals surface area contributed by atoms with E-state index in [9.17, 15) is 14.8 Å². The van der Waals surface area contributed by atoms with Crippen LogP contribution in [0.15, 0.2) is 35.5 Å². The first-order valence-corrected chi connectivity index (χ1v) is 6.65. The van der Waals surface area contributed by atoms with E-state index in [1.54, 1.807) is 26.0 Å². The van der Waals surface area contributed by atoms with Crippen LogP contribution in [0.4, 0.5) is 10.5 Å². The summed E-state index contributed by atoms with van der Waals surface area (Å²) in [6, 6.07) is 4.72. The number of nitrogens with one attached hydrogen (secondary N) is 2. The van der Waals surface area contributed by atoms with Crippen LogP contribution in [0.5, 0.6) is 0 Å². The highest BCUT2D eigenvalue weighted by atomic mass is 16.8. The van der Waals surface area contributed by atoms with Crippen molar-refractivity contribution in [3.8, 4) is 0 Å². The summed E-state index contributed by atoms with van der Waals surface area (Å²) in [7, 11) is 0. The van der Waals surface area contributed by atoms with Gasteiger partial charge in [-0.3, -0.25) is 5.21 Å². The number of benzene rings is 1. The highest BCUT2D eigenvalue weighted by Gasteiger charge is 2.31. The highest BCUT2D eigenvalue weighted by Crippen LogP contribution is 2.28. The third-order valence-electron chi connectivity index (χ3n) is 3.21. The van der Waals surface area contributed by atoms with Crippen molar-refractivity contribution in [2.75, 3.05) is 11.8 Å². The molecule has 1 aliphatic heterocycles. The van der Waals surface area contributed by atoms with E-state index in [-0.39, 0.29) is 23.1 Å². The van der Waals surface area contributed by atoms with Gasteiger partial charge in [0.15, 0.2) is 0 Å². The van der Waals surface area contributed by atoms with Crippen molar-refractivity contribution in [1.82, 2.24) is 10.6 Å². The molecule has 8 heteroatoms. The molecule has 0 radical (unpaired) electrons. The van der Waals surface area contributed by atoms with Gasteiger partial charge >= 0.3 is 12.0 Å². The number of carbonyl (C=O) groups is 2. The third kappa shape index (κ3) is 3.18. The molecule has 1 aliphatic rings.